The van der Waals surface area contributed by atoms with Crippen LogP contribution in [0.1, 0.15) is 42.9 Å². The summed E-state index contributed by atoms with van der Waals surface area (Å²) in [5, 5.41) is 4.58. The quantitative estimate of drug-likeness (QED) is 0.727. The van der Waals surface area contributed by atoms with E-state index in [1.165, 1.54) is 5.56 Å². The molecule has 6 heteroatoms. The van der Waals surface area contributed by atoms with E-state index >= 15 is 0 Å². The number of rotatable bonds is 3. The van der Waals surface area contributed by atoms with Crippen LogP contribution in [0.25, 0.3) is 11.0 Å². The molecule has 1 unspecified atom stereocenters. The summed E-state index contributed by atoms with van der Waals surface area (Å²) >= 11 is 0. The highest BCUT2D eigenvalue weighted by Gasteiger charge is 2.30. The summed E-state index contributed by atoms with van der Waals surface area (Å²) in [5.74, 6) is 1.08. The minimum atomic E-state index is 0.0260. The van der Waals surface area contributed by atoms with Crippen LogP contribution in [-0.2, 0) is 20.0 Å². The Kier molecular flexibility index (Phi) is 4.15. The lowest BCUT2D eigenvalue weighted by molar-refractivity contribution is 0.185. The van der Waals surface area contributed by atoms with Crippen molar-refractivity contribution in [2.75, 3.05) is 13.6 Å². The lowest BCUT2D eigenvalue weighted by Crippen LogP contribution is -2.42. The number of aromatic nitrogens is 4. The van der Waals surface area contributed by atoms with Crippen LogP contribution in [0.5, 0.6) is 0 Å². The molecule has 0 N–H and O–H groups in total. The van der Waals surface area contributed by atoms with Gasteiger partial charge in [-0.05, 0) is 24.9 Å². The van der Waals surface area contributed by atoms with Crippen molar-refractivity contribution in [2.24, 2.45) is 7.05 Å². The predicted octanol–water partition coefficient (Wildman–Crippen LogP) is 2.48. The molecule has 0 spiro atoms. The number of fused-ring (bicyclic) bond motifs is 2. The fraction of sp³-hybridized carbons (Fsp3) is 0.450. The Morgan fingerprint density at radius 1 is 1.15 bits per heavy atom. The maximum absolute atomic E-state index is 13.2. The zero-order valence-corrected chi connectivity index (χ0v) is 15.8. The van der Waals surface area contributed by atoms with Crippen molar-refractivity contribution in [2.45, 2.75) is 38.8 Å². The van der Waals surface area contributed by atoms with E-state index in [2.05, 4.69) is 55.2 Å². The van der Waals surface area contributed by atoms with Crippen LogP contribution in [-0.4, -0.2) is 37.8 Å². The monoisotopic (exact) mass is 351 g/mol. The first-order valence-corrected chi connectivity index (χ1v) is 9.19. The van der Waals surface area contributed by atoms with Crippen molar-refractivity contribution in [1.82, 2.24) is 24.2 Å². The Labute approximate surface area is 153 Å². The molecule has 4 rings (SSSR count). The van der Waals surface area contributed by atoms with Gasteiger partial charge in [0.1, 0.15) is 11.3 Å². The maximum Gasteiger partial charge on any atom is 0.279 e. The van der Waals surface area contributed by atoms with Crippen molar-refractivity contribution in [3.63, 3.8) is 0 Å². The highest BCUT2D eigenvalue weighted by molar-refractivity contribution is 5.77. The molecule has 0 bridgehead atoms. The lowest BCUT2D eigenvalue weighted by Gasteiger charge is -2.34. The molecular formula is C20H25N5O. The van der Waals surface area contributed by atoms with Gasteiger partial charge >= 0.3 is 0 Å². The second-order valence-electron chi connectivity index (χ2n) is 7.47. The van der Waals surface area contributed by atoms with E-state index in [0.717, 1.165) is 30.0 Å². The van der Waals surface area contributed by atoms with E-state index in [0.29, 0.717) is 12.1 Å². The first-order valence-electron chi connectivity index (χ1n) is 9.19. The van der Waals surface area contributed by atoms with Crippen LogP contribution in [0.4, 0.5) is 0 Å². The average molecular weight is 351 g/mol. The van der Waals surface area contributed by atoms with Crippen molar-refractivity contribution in [3.05, 3.63) is 57.8 Å². The van der Waals surface area contributed by atoms with Crippen molar-refractivity contribution in [3.8, 4) is 0 Å². The van der Waals surface area contributed by atoms with Crippen LogP contribution in [0.3, 0.4) is 0 Å². The van der Waals surface area contributed by atoms with Gasteiger partial charge in [0, 0.05) is 20.1 Å². The Balaban J connectivity index is 1.91. The molecule has 0 aliphatic carbocycles. The van der Waals surface area contributed by atoms with Crippen LogP contribution in [0.2, 0.25) is 0 Å². The Morgan fingerprint density at radius 3 is 2.58 bits per heavy atom. The van der Waals surface area contributed by atoms with Gasteiger partial charge in [-0.3, -0.25) is 18.9 Å². The number of nitrogens with zero attached hydrogens (tertiary/aromatic N) is 5. The molecule has 3 heterocycles. The fourth-order valence-electron chi connectivity index (χ4n) is 3.84. The van der Waals surface area contributed by atoms with Gasteiger partial charge in [0.25, 0.3) is 5.56 Å². The lowest BCUT2D eigenvalue weighted by atomic mass is 10.0. The molecule has 1 aromatic carbocycles. The van der Waals surface area contributed by atoms with Crippen LogP contribution in [0.15, 0.2) is 35.1 Å². The normalized spacial score (nSPS) is 17.8. The highest BCUT2D eigenvalue weighted by atomic mass is 16.1. The van der Waals surface area contributed by atoms with Gasteiger partial charge in [-0.1, -0.05) is 44.2 Å². The van der Waals surface area contributed by atoms with E-state index in [1.54, 1.807) is 4.68 Å². The molecule has 0 saturated carbocycles. The van der Waals surface area contributed by atoms with E-state index in [1.807, 2.05) is 17.7 Å². The van der Waals surface area contributed by atoms with Crippen molar-refractivity contribution in [1.29, 1.82) is 0 Å². The molecule has 136 valence electrons. The van der Waals surface area contributed by atoms with Crippen molar-refractivity contribution < 1.29 is 0 Å². The number of benzene rings is 1. The molecule has 1 aliphatic heterocycles. The average Bonchev–Trinajstić information content (AvgIpc) is 2.96. The zero-order valence-electron chi connectivity index (χ0n) is 15.8. The first kappa shape index (κ1) is 17.0. The summed E-state index contributed by atoms with van der Waals surface area (Å²) in [4.78, 5) is 20.5. The van der Waals surface area contributed by atoms with Gasteiger partial charge in [-0.2, -0.15) is 5.10 Å². The molecule has 3 aromatic rings. The third-order valence-electron chi connectivity index (χ3n) is 5.32. The second kappa shape index (κ2) is 6.36. The van der Waals surface area contributed by atoms with Crippen molar-refractivity contribution >= 4 is 11.0 Å². The summed E-state index contributed by atoms with van der Waals surface area (Å²) in [6.45, 7) is 5.69. The van der Waals surface area contributed by atoms with E-state index in [9.17, 15) is 4.79 Å². The smallest absolute Gasteiger partial charge is 0.279 e. The minimum Gasteiger partial charge on any atom is -0.294 e. The van der Waals surface area contributed by atoms with E-state index in [4.69, 9.17) is 4.98 Å². The topological polar surface area (TPSA) is 56.0 Å². The molecule has 1 aliphatic rings. The van der Waals surface area contributed by atoms with Crippen LogP contribution in [0, 0.1) is 0 Å². The minimum absolute atomic E-state index is 0.0260. The molecule has 0 fully saturated rings. The Bertz CT molecular complexity index is 1000. The second-order valence-corrected chi connectivity index (χ2v) is 7.47. The predicted molar refractivity (Wildman–Crippen MR) is 102 cm³/mol. The van der Waals surface area contributed by atoms with Gasteiger partial charge in [0.2, 0.25) is 0 Å². The standard InChI is InChI=1S/C20H25N5O/c1-13(2)16-17-18(24(4)22-16)20(26)25-11-10-23(3)15(19(25)21-17)12-14-8-6-5-7-9-14/h5-9,13,15H,10-12H2,1-4H3. The molecule has 0 saturated heterocycles. The third-order valence-corrected chi connectivity index (χ3v) is 5.32. The molecule has 1 atom stereocenters. The fourth-order valence-corrected chi connectivity index (χ4v) is 3.84. The molecule has 6 nitrogen and oxygen atoms in total. The summed E-state index contributed by atoms with van der Waals surface area (Å²) in [7, 11) is 3.95. The first-order chi connectivity index (χ1) is 12.5. The van der Waals surface area contributed by atoms with Crippen LogP contribution >= 0.6 is 0 Å². The number of aryl methyl sites for hydroxylation is 1. The third kappa shape index (κ3) is 2.65. The zero-order chi connectivity index (χ0) is 18.4. The van der Waals surface area contributed by atoms with Gasteiger partial charge in [0.15, 0.2) is 5.52 Å². The Hall–Kier alpha value is -2.47. The molecule has 0 amide bonds. The summed E-state index contributed by atoms with van der Waals surface area (Å²) < 4.78 is 3.54. The highest BCUT2D eigenvalue weighted by Crippen LogP contribution is 2.28. The summed E-state index contributed by atoms with van der Waals surface area (Å²) in [5.41, 5.74) is 3.54. The maximum atomic E-state index is 13.2. The van der Waals surface area contributed by atoms with Gasteiger partial charge < -0.3 is 0 Å². The van der Waals surface area contributed by atoms with Gasteiger partial charge in [-0.15, -0.1) is 0 Å². The van der Waals surface area contributed by atoms with E-state index in [-0.39, 0.29) is 17.5 Å². The molecule has 0 radical (unpaired) electrons. The number of hydrogen-bond acceptors (Lipinski definition) is 4. The van der Waals surface area contributed by atoms with Gasteiger partial charge in [-0.25, -0.2) is 4.98 Å². The summed E-state index contributed by atoms with van der Waals surface area (Å²) in [6, 6.07) is 10.5. The number of hydrogen-bond donors (Lipinski definition) is 0. The van der Waals surface area contributed by atoms with E-state index < -0.39 is 0 Å². The molecule has 2 aromatic heterocycles. The van der Waals surface area contributed by atoms with Crippen LogP contribution < -0.4 is 5.56 Å². The molecular weight excluding hydrogens is 326 g/mol. The number of likely N-dealkylation sites (N-methyl/N-ethyl adjacent to an activating group) is 1. The SMILES string of the molecule is CC(C)c1nn(C)c2c(=O)n3c(nc12)C(Cc1ccccc1)N(C)CC3. The largest absolute Gasteiger partial charge is 0.294 e. The molecule has 26 heavy (non-hydrogen) atoms. The summed E-state index contributed by atoms with van der Waals surface area (Å²) in [6.07, 6.45) is 0.840. The van der Waals surface area contributed by atoms with Gasteiger partial charge in [0.05, 0.1) is 11.7 Å². The Morgan fingerprint density at radius 2 is 1.88 bits per heavy atom.